The number of hydrogen-bond acceptors (Lipinski definition) is 3. The van der Waals surface area contributed by atoms with E-state index in [1.54, 1.807) is 4.68 Å². The molecule has 0 radical (unpaired) electrons. The zero-order valence-electron chi connectivity index (χ0n) is 6.46. The van der Waals surface area contributed by atoms with Crippen LogP contribution in [0.15, 0.2) is 4.60 Å². The van der Waals surface area contributed by atoms with Crippen molar-refractivity contribution in [3.8, 4) is 5.88 Å². The van der Waals surface area contributed by atoms with Crippen molar-refractivity contribution in [1.29, 1.82) is 0 Å². The quantitative estimate of drug-likeness (QED) is 0.784. The molecule has 0 unspecified atom stereocenters. The molecule has 0 aliphatic carbocycles. The summed E-state index contributed by atoms with van der Waals surface area (Å²) < 4.78 is 7.84. The van der Waals surface area contributed by atoms with Crippen LogP contribution in [0.2, 0.25) is 0 Å². The molecule has 1 N–H and O–H groups in total. The Balaban J connectivity index is 2.46. The van der Waals surface area contributed by atoms with Crippen molar-refractivity contribution in [2.75, 3.05) is 6.61 Å². The Bertz CT molecular complexity index is 298. The number of aromatic nitrogens is 2. The third-order valence-corrected chi connectivity index (χ3v) is 2.50. The van der Waals surface area contributed by atoms with E-state index in [9.17, 15) is 0 Å². The summed E-state index contributed by atoms with van der Waals surface area (Å²) in [6, 6.07) is 0. The largest absolute Gasteiger partial charge is 0.477 e. The second-order valence-corrected chi connectivity index (χ2v) is 3.41. The number of ether oxygens (including phenoxy) is 1. The van der Waals surface area contributed by atoms with Crippen LogP contribution < -0.4 is 4.74 Å². The lowest BCUT2D eigenvalue weighted by atomic mass is 10.3. The van der Waals surface area contributed by atoms with Crippen LogP contribution >= 0.6 is 15.9 Å². The number of rotatable bonds is 1. The third-order valence-electron chi connectivity index (χ3n) is 1.86. The van der Waals surface area contributed by atoms with Gasteiger partial charge in [-0.2, -0.15) is 5.10 Å². The fourth-order valence-corrected chi connectivity index (χ4v) is 1.77. The summed E-state index contributed by atoms with van der Waals surface area (Å²) in [5.41, 5.74) is 0.745. The lowest BCUT2D eigenvalue weighted by molar-refractivity contribution is 0.216. The molecule has 12 heavy (non-hydrogen) atoms. The highest BCUT2D eigenvalue weighted by molar-refractivity contribution is 9.10. The molecule has 0 amide bonds. The van der Waals surface area contributed by atoms with Gasteiger partial charge in [0.25, 0.3) is 0 Å². The van der Waals surface area contributed by atoms with Gasteiger partial charge in [0.1, 0.15) is 4.60 Å². The molecule has 0 fully saturated rings. The first kappa shape index (κ1) is 8.07. The van der Waals surface area contributed by atoms with Crippen LogP contribution in [0.4, 0.5) is 0 Å². The number of hydrogen-bond donors (Lipinski definition) is 1. The highest BCUT2D eigenvalue weighted by atomic mass is 79.9. The molecule has 1 aromatic rings. The van der Waals surface area contributed by atoms with Crippen molar-refractivity contribution in [1.82, 2.24) is 9.78 Å². The molecular formula is C7H9BrN2O2. The maximum Gasteiger partial charge on any atom is 0.218 e. The molecule has 1 aromatic heterocycles. The number of aliphatic hydroxyl groups excluding tert-OH is 1. The van der Waals surface area contributed by atoms with Crippen molar-refractivity contribution in [2.45, 2.75) is 19.6 Å². The fourth-order valence-electron chi connectivity index (χ4n) is 1.28. The van der Waals surface area contributed by atoms with Crippen molar-refractivity contribution >= 4 is 15.9 Å². The van der Waals surface area contributed by atoms with Crippen molar-refractivity contribution in [3.63, 3.8) is 0 Å². The second kappa shape index (κ2) is 3.06. The Morgan fingerprint density at radius 2 is 2.50 bits per heavy atom. The van der Waals surface area contributed by atoms with Crippen LogP contribution in [0.5, 0.6) is 5.88 Å². The van der Waals surface area contributed by atoms with Gasteiger partial charge >= 0.3 is 0 Å². The van der Waals surface area contributed by atoms with Crippen molar-refractivity contribution in [3.05, 3.63) is 10.2 Å². The Morgan fingerprint density at radius 1 is 1.67 bits per heavy atom. The van der Waals surface area contributed by atoms with E-state index in [1.165, 1.54) is 0 Å². The highest BCUT2D eigenvalue weighted by Gasteiger charge is 2.19. The molecule has 0 spiro atoms. The van der Waals surface area contributed by atoms with Gasteiger partial charge in [-0.15, -0.1) is 0 Å². The summed E-state index contributed by atoms with van der Waals surface area (Å²) in [5, 5.41) is 13.2. The molecule has 0 bridgehead atoms. The lowest BCUT2D eigenvalue weighted by Gasteiger charge is -2.15. The molecule has 0 saturated heterocycles. The first-order valence-electron chi connectivity index (χ1n) is 3.82. The van der Waals surface area contributed by atoms with Gasteiger partial charge in [0, 0.05) is 13.0 Å². The Hall–Kier alpha value is -0.550. The molecule has 0 atom stereocenters. The maximum absolute atomic E-state index is 9.00. The van der Waals surface area contributed by atoms with Gasteiger partial charge in [0.2, 0.25) is 5.88 Å². The molecule has 2 heterocycles. The number of aliphatic hydroxyl groups is 1. The van der Waals surface area contributed by atoms with Gasteiger partial charge in [-0.05, 0) is 15.9 Å². The van der Waals surface area contributed by atoms with Crippen LogP contribution in [0.1, 0.15) is 12.0 Å². The zero-order valence-corrected chi connectivity index (χ0v) is 8.04. The fraction of sp³-hybridized carbons (Fsp3) is 0.571. The monoisotopic (exact) mass is 232 g/mol. The van der Waals surface area contributed by atoms with Crippen LogP contribution in [0, 0.1) is 0 Å². The lowest BCUT2D eigenvalue weighted by Crippen LogP contribution is -2.15. The first-order valence-corrected chi connectivity index (χ1v) is 4.61. The standard InChI is InChI=1S/C7H9BrN2O2/c8-6-5(4-11)7-10(9-6)2-1-3-12-7/h11H,1-4H2. The van der Waals surface area contributed by atoms with Crippen molar-refractivity contribution in [2.24, 2.45) is 0 Å². The van der Waals surface area contributed by atoms with Crippen LogP contribution in [0.25, 0.3) is 0 Å². The van der Waals surface area contributed by atoms with Gasteiger partial charge in [-0.1, -0.05) is 0 Å². The predicted molar refractivity (Wildman–Crippen MR) is 46.0 cm³/mol. The molecule has 2 rings (SSSR count). The average Bonchev–Trinajstić information content (AvgIpc) is 2.40. The molecule has 5 heteroatoms. The minimum Gasteiger partial charge on any atom is -0.477 e. The number of fused-ring (bicyclic) bond motifs is 1. The maximum atomic E-state index is 9.00. The predicted octanol–water partition coefficient (Wildman–Crippen LogP) is 0.920. The minimum atomic E-state index is -0.0318. The first-order chi connectivity index (χ1) is 5.83. The van der Waals surface area contributed by atoms with E-state index in [1.807, 2.05) is 0 Å². The summed E-state index contributed by atoms with van der Waals surface area (Å²) in [5.74, 6) is 0.704. The molecule has 0 saturated carbocycles. The normalized spacial score (nSPS) is 15.5. The van der Waals surface area contributed by atoms with E-state index in [-0.39, 0.29) is 6.61 Å². The SMILES string of the molecule is OCc1c(Br)nn2c1OCCC2. The molecule has 1 aliphatic heterocycles. The summed E-state index contributed by atoms with van der Waals surface area (Å²) in [6.07, 6.45) is 0.978. The average molecular weight is 233 g/mol. The van der Waals surface area contributed by atoms with Crippen molar-refractivity contribution < 1.29 is 9.84 Å². The second-order valence-electron chi connectivity index (χ2n) is 2.66. The van der Waals surface area contributed by atoms with E-state index < -0.39 is 0 Å². The van der Waals surface area contributed by atoms with E-state index in [0.717, 1.165) is 18.5 Å². The Kier molecular flexibility index (Phi) is 2.06. The van der Waals surface area contributed by atoms with E-state index in [0.29, 0.717) is 17.1 Å². The Morgan fingerprint density at radius 3 is 3.25 bits per heavy atom. The summed E-state index contributed by atoms with van der Waals surface area (Å²) in [6.45, 7) is 1.55. The smallest absolute Gasteiger partial charge is 0.218 e. The Labute approximate surface area is 78.3 Å². The van der Waals surface area contributed by atoms with Crippen LogP contribution in [-0.2, 0) is 13.2 Å². The van der Waals surface area contributed by atoms with E-state index >= 15 is 0 Å². The van der Waals surface area contributed by atoms with Gasteiger partial charge in [-0.3, -0.25) is 0 Å². The number of halogens is 1. The molecular weight excluding hydrogens is 224 g/mol. The molecule has 4 nitrogen and oxygen atoms in total. The number of nitrogens with zero attached hydrogens (tertiary/aromatic N) is 2. The molecule has 1 aliphatic rings. The summed E-state index contributed by atoms with van der Waals surface area (Å²) in [4.78, 5) is 0. The van der Waals surface area contributed by atoms with Gasteiger partial charge in [0.15, 0.2) is 0 Å². The van der Waals surface area contributed by atoms with Crippen LogP contribution in [0.3, 0.4) is 0 Å². The minimum absolute atomic E-state index is 0.0318. The third kappa shape index (κ3) is 1.13. The number of aryl methyl sites for hydroxylation is 1. The molecule has 66 valence electrons. The zero-order chi connectivity index (χ0) is 8.55. The van der Waals surface area contributed by atoms with Gasteiger partial charge < -0.3 is 9.84 Å². The highest BCUT2D eigenvalue weighted by Crippen LogP contribution is 2.28. The molecule has 0 aromatic carbocycles. The summed E-state index contributed by atoms with van der Waals surface area (Å²) >= 11 is 3.27. The summed E-state index contributed by atoms with van der Waals surface area (Å²) in [7, 11) is 0. The van der Waals surface area contributed by atoms with Gasteiger partial charge in [-0.25, -0.2) is 4.68 Å². The van der Waals surface area contributed by atoms with E-state index in [4.69, 9.17) is 9.84 Å². The topological polar surface area (TPSA) is 47.3 Å². The van der Waals surface area contributed by atoms with Gasteiger partial charge in [0.05, 0.1) is 18.8 Å². The van der Waals surface area contributed by atoms with Crippen LogP contribution in [-0.4, -0.2) is 21.5 Å². The van der Waals surface area contributed by atoms with E-state index in [2.05, 4.69) is 21.0 Å².